The van der Waals surface area contributed by atoms with Gasteiger partial charge >= 0.3 is 0 Å². The highest BCUT2D eigenvalue weighted by Crippen LogP contribution is 2.23. The van der Waals surface area contributed by atoms with Gasteiger partial charge in [-0.05, 0) is 12.8 Å². The summed E-state index contributed by atoms with van der Waals surface area (Å²) in [7, 11) is 0. The van der Waals surface area contributed by atoms with E-state index in [-0.39, 0.29) is 0 Å². The molecule has 0 bridgehead atoms. The second-order valence-electron chi connectivity index (χ2n) is 3.46. The van der Waals surface area contributed by atoms with E-state index < -0.39 is 0 Å². The number of aromatic nitrogens is 2. The third kappa shape index (κ3) is 4.84. The summed E-state index contributed by atoms with van der Waals surface area (Å²) >= 11 is 3.62. The second-order valence-corrected chi connectivity index (χ2v) is 5.95. The molecule has 1 aromatic heterocycles. The summed E-state index contributed by atoms with van der Waals surface area (Å²) in [5, 5.41) is 14.3. The molecule has 0 saturated heterocycles. The van der Waals surface area contributed by atoms with Crippen molar-refractivity contribution in [3.63, 3.8) is 0 Å². The van der Waals surface area contributed by atoms with Crippen LogP contribution < -0.4 is 5.32 Å². The molecule has 1 N–H and O–H groups in total. The SMILES string of the molecule is CCCNc1nnc(CSC(C)CC)s1. The van der Waals surface area contributed by atoms with E-state index in [1.54, 1.807) is 11.3 Å². The summed E-state index contributed by atoms with van der Waals surface area (Å²) < 4.78 is 0. The van der Waals surface area contributed by atoms with E-state index in [1.165, 1.54) is 6.42 Å². The number of hydrogen-bond acceptors (Lipinski definition) is 5. The Morgan fingerprint density at radius 2 is 2.20 bits per heavy atom. The first-order valence-corrected chi connectivity index (χ1v) is 7.30. The third-order valence-corrected chi connectivity index (χ3v) is 4.47. The molecule has 1 aromatic rings. The molecule has 0 radical (unpaired) electrons. The smallest absolute Gasteiger partial charge is 0.205 e. The zero-order chi connectivity index (χ0) is 11.1. The lowest BCUT2D eigenvalue weighted by atomic mass is 10.4. The fourth-order valence-electron chi connectivity index (χ4n) is 0.947. The molecular weight excluding hydrogens is 226 g/mol. The second kappa shape index (κ2) is 7.06. The summed E-state index contributed by atoms with van der Waals surface area (Å²) in [5.74, 6) is 0.987. The van der Waals surface area contributed by atoms with Crippen LogP contribution in [0.25, 0.3) is 0 Å². The first-order chi connectivity index (χ1) is 7.26. The maximum Gasteiger partial charge on any atom is 0.205 e. The zero-order valence-electron chi connectivity index (χ0n) is 9.62. The molecule has 1 rings (SSSR count). The standard InChI is InChI=1S/C10H19N3S2/c1-4-6-11-10-13-12-9(15-10)7-14-8(3)5-2/h8H,4-7H2,1-3H3,(H,11,13). The Labute approximate surface area is 100 Å². The van der Waals surface area contributed by atoms with Gasteiger partial charge in [-0.15, -0.1) is 10.2 Å². The van der Waals surface area contributed by atoms with Gasteiger partial charge in [-0.1, -0.05) is 32.1 Å². The molecule has 0 amide bonds. The number of thioether (sulfide) groups is 1. The molecule has 3 nitrogen and oxygen atoms in total. The minimum Gasteiger partial charge on any atom is -0.360 e. The van der Waals surface area contributed by atoms with Gasteiger partial charge < -0.3 is 5.32 Å². The summed E-state index contributed by atoms with van der Waals surface area (Å²) in [5.41, 5.74) is 0. The van der Waals surface area contributed by atoms with Crippen LogP contribution in [0.15, 0.2) is 0 Å². The first kappa shape index (κ1) is 12.8. The molecule has 0 aliphatic carbocycles. The summed E-state index contributed by atoms with van der Waals surface area (Å²) in [6, 6.07) is 0. The Kier molecular flexibility index (Phi) is 6.02. The van der Waals surface area contributed by atoms with Crippen LogP contribution in [0.2, 0.25) is 0 Å². The number of rotatable bonds is 7. The van der Waals surface area contributed by atoms with Crippen LogP contribution in [0.4, 0.5) is 5.13 Å². The Morgan fingerprint density at radius 3 is 2.87 bits per heavy atom. The number of anilines is 1. The first-order valence-electron chi connectivity index (χ1n) is 5.44. The fourth-order valence-corrected chi connectivity index (χ4v) is 2.67. The van der Waals surface area contributed by atoms with Gasteiger partial charge in [0.15, 0.2) is 0 Å². The van der Waals surface area contributed by atoms with Crippen LogP contribution in [-0.2, 0) is 5.75 Å². The summed E-state index contributed by atoms with van der Waals surface area (Å²) in [6.45, 7) is 7.59. The van der Waals surface area contributed by atoms with Gasteiger partial charge in [0.1, 0.15) is 5.01 Å². The fraction of sp³-hybridized carbons (Fsp3) is 0.800. The number of nitrogens with zero attached hydrogens (tertiary/aromatic N) is 2. The monoisotopic (exact) mass is 245 g/mol. The van der Waals surface area contributed by atoms with Crippen LogP contribution >= 0.6 is 23.1 Å². The number of nitrogens with one attached hydrogen (secondary N) is 1. The molecule has 0 aromatic carbocycles. The van der Waals surface area contributed by atoms with E-state index >= 15 is 0 Å². The highest BCUT2D eigenvalue weighted by Gasteiger charge is 2.05. The highest BCUT2D eigenvalue weighted by atomic mass is 32.2. The van der Waals surface area contributed by atoms with Gasteiger partial charge in [0.25, 0.3) is 0 Å². The topological polar surface area (TPSA) is 37.8 Å². The van der Waals surface area contributed by atoms with Crippen molar-refractivity contribution in [1.29, 1.82) is 0 Å². The maximum atomic E-state index is 4.16. The molecule has 5 heteroatoms. The van der Waals surface area contributed by atoms with Gasteiger partial charge in [0.05, 0.1) is 0 Å². The van der Waals surface area contributed by atoms with Crippen molar-refractivity contribution in [3.8, 4) is 0 Å². The van der Waals surface area contributed by atoms with Crippen LogP contribution in [0.5, 0.6) is 0 Å². The van der Waals surface area contributed by atoms with E-state index in [9.17, 15) is 0 Å². The Bertz CT molecular complexity index is 275. The van der Waals surface area contributed by atoms with Gasteiger partial charge in [0.2, 0.25) is 5.13 Å². The van der Waals surface area contributed by atoms with E-state index in [0.29, 0.717) is 5.25 Å². The van der Waals surface area contributed by atoms with Crippen LogP contribution in [0.1, 0.15) is 38.6 Å². The van der Waals surface area contributed by atoms with E-state index in [4.69, 9.17) is 0 Å². The molecule has 0 aliphatic rings. The van der Waals surface area contributed by atoms with E-state index in [0.717, 1.165) is 28.9 Å². The van der Waals surface area contributed by atoms with Crippen molar-refractivity contribution >= 4 is 28.2 Å². The summed E-state index contributed by atoms with van der Waals surface area (Å²) in [4.78, 5) is 0. The number of hydrogen-bond donors (Lipinski definition) is 1. The van der Waals surface area contributed by atoms with Gasteiger partial charge in [0, 0.05) is 17.5 Å². The van der Waals surface area contributed by atoms with Crippen LogP contribution in [0, 0.1) is 0 Å². The zero-order valence-corrected chi connectivity index (χ0v) is 11.2. The van der Waals surface area contributed by atoms with Gasteiger partial charge in [-0.25, -0.2) is 0 Å². The molecule has 15 heavy (non-hydrogen) atoms. The predicted octanol–water partition coefficient (Wildman–Crippen LogP) is 3.39. The highest BCUT2D eigenvalue weighted by molar-refractivity contribution is 7.99. The summed E-state index contributed by atoms with van der Waals surface area (Å²) in [6.07, 6.45) is 2.33. The molecular formula is C10H19N3S2. The lowest BCUT2D eigenvalue weighted by molar-refractivity contribution is 0.903. The molecule has 1 heterocycles. The predicted molar refractivity (Wildman–Crippen MR) is 69.7 cm³/mol. The average Bonchev–Trinajstić information content (AvgIpc) is 2.71. The minimum atomic E-state index is 0.709. The molecule has 0 spiro atoms. The van der Waals surface area contributed by atoms with Crippen LogP contribution in [-0.4, -0.2) is 22.0 Å². The normalized spacial score (nSPS) is 12.7. The molecule has 0 aliphatic heterocycles. The largest absolute Gasteiger partial charge is 0.360 e. The molecule has 0 fully saturated rings. The maximum absolute atomic E-state index is 4.16. The van der Waals surface area contributed by atoms with Gasteiger partial charge in [-0.2, -0.15) is 11.8 Å². The van der Waals surface area contributed by atoms with E-state index in [2.05, 4.69) is 36.3 Å². The quantitative estimate of drug-likeness (QED) is 0.799. The molecule has 1 unspecified atom stereocenters. The average molecular weight is 245 g/mol. The lowest BCUT2D eigenvalue weighted by Crippen LogP contribution is -1.98. The van der Waals surface area contributed by atoms with E-state index in [1.807, 2.05) is 11.8 Å². The van der Waals surface area contributed by atoms with Crippen molar-refractivity contribution in [1.82, 2.24) is 10.2 Å². The van der Waals surface area contributed by atoms with Crippen LogP contribution in [0.3, 0.4) is 0 Å². The minimum absolute atomic E-state index is 0.709. The molecule has 0 saturated carbocycles. The van der Waals surface area contributed by atoms with Crippen molar-refractivity contribution in [2.75, 3.05) is 11.9 Å². The van der Waals surface area contributed by atoms with Crippen molar-refractivity contribution in [2.24, 2.45) is 0 Å². The Hall–Kier alpha value is -0.290. The Balaban J connectivity index is 2.32. The van der Waals surface area contributed by atoms with Gasteiger partial charge in [-0.3, -0.25) is 0 Å². The van der Waals surface area contributed by atoms with Crippen molar-refractivity contribution < 1.29 is 0 Å². The molecule has 1 atom stereocenters. The third-order valence-electron chi connectivity index (χ3n) is 2.06. The van der Waals surface area contributed by atoms with Crippen molar-refractivity contribution in [3.05, 3.63) is 5.01 Å². The lowest BCUT2D eigenvalue weighted by Gasteiger charge is -2.04. The Morgan fingerprint density at radius 1 is 1.40 bits per heavy atom. The van der Waals surface area contributed by atoms with Crippen molar-refractivity contribution in [2.45, 2.75) is 44.6 Å². The molecule has 86 valence electrons.